The Balaban J connectivity index is 0.701. The third kappa shape index (κ3) is 12.1. The normalized spacial score (nSPS) is 49.3. The van der Waals surface area contributed by atoms with E-state index in [1.807, 2.05) is 0 Å². The Morgan fingerprint density at radius 3 is 2.00 bits per heavy atom. The van der Waals surface area contributed by atoms with Gasteiger partial charge in [0.05, 0.1) is 74.5 Å². The number of carbonyl (C=O) groups is 2. The van der Waals surface area contributed by atoms with Crippen LogP contribution in [0.4, 0.5) is 0 Å². The minimum atomic E-state index is -2.09. The number of esters is 1. The minimum absolute atomic E-state index is 0.0141. The first-order valence-electron chi connectivity index (χ1n) is 29.9. The highest BCUT2D eigenvalue weighted by atomic mass is 35.5. The highest BCUT2D eigenvalue weighted by Crippen LogP contribution is 2.53. The van der Waals surface area contributed by atoms with E-state index in [4.69, 9.17) is 127 Å². The van der Waals surface area contributed by atoms with Gasteiger partial charge in [-0.15, -0.1) is 0 Å². The van der Waals surface area contributed by atoms with Gasteiger partial charge in [0, 0.05) is 34.2 Å². The Kier molecular flexibility index (Phi) is 20.3. The maximum absolute atomic E-state index is 13.5. The molecule has 10 fully saturated rings. The first-order chi connectivity index (χ1) is 42.6. The number of phenols is 1. The number of hydrogen-bond acceptors (Lipinski definition) is 31. The molecule has 31 atom stereocenters. The molecule has 10 saturated heterocycles. The standard InChI is InChI=1S/C57H82Cl2O31/c1-19-32(44(71-11)34(59)35(63)33(19)58)50(67)82-39-20(2)76-30(13-26(39)61)80-40-22(4)85-55(14-27(40)62)89-47-23(5)77-31(15-54(47,8)90-55)81-45-38(66)52(78-21(3)41(45)70-10)83-42-28(16-69-9)79-53(46(72-12)36(42)64)84-51-37(65)43-29(17-73-51)87-57(88-43)49-48(74-18-75-49)56(68,24(6)60)25(7)86-57/h20-23,25-31,36-43,45-49,51-53,61-66,68H,13-18H2,1-12H3/t20-,21-,22-,23-,25-,26-,27-,28-,29+,30+,31+,36+,37-,38-,39-,40-,41+,42-,43-,45-,46+,47-,48?,49-,51+,52+,53+,54-,55?,56+,57-/m1/s1. The Morgan fingerprint density at radius 2 is 1.33 bits per heavy atom. The van der Waals surface area contributed by atoms with Gasteiger partial charge in [-0.25, -0.2) is 4.79 Å². The van der Waals surface area contributed by atoms with E-state index < -0.39 is 206 Å². The number of phenolic OH excluding ortho intramolecular Hbond substituents is 1. The van der Waals surface area contributed by atoms with E-state index in [0.717, 1.165) is 0 Å². The molecule has 0 aliphatic carbocycles. The molecule has 1 aromatic carbocycles. The number of ether oxygens (including phenoxy) is 22. The van der Waals surface area contributed by atoms with Gasteiger partial charge in [-0.05, 0) is 61.0 Å². The maximum atomic E-state index is 13.5. The van der Waals surface area contributed by atoms with Crippen molar-refractivity contribution < 1.29 is 150 Å². The molecule has 0 aromatic heterocycles. The second-order valence-corrected chi connectivity index (χ2v) is 25.4. The fourth-order valence-corrected chi connectivity index (χ4v) is 14.7. The molecule has 510 valence electrons. The number of Topliss-reactive ketones (excluding diaryl/α,β-unsaturated/α-hetero) is 1. The summed E-state index contributed by atoms with van der Waals surface area (Å²) >= 11 is 12.5. The molecule has 0 radical (unpaired) electrons. The zero-order valence-corrected chi connectivity index (χ0v) is 53.0. The van der Waals surface area contributed by atoms with E-state index in [1.165, 1.54) is 49.2 Å². The number of hydrogen-bond donors (Lipinski definition) is 7. The third-order valence-electron chi connectivity index (χ3n) is 18.7. The molecule has 2 spiro atoms. The zero-order chi connectivity index (χ0) is 65.0. The van der Waals surface area contributed by atoms with Gasteiger partial charge in [0.1, 0.15) is 102 Å². The molecule has 90 heavy (non-hydrogen) atoms. The van der Waals surface area contributed by atoms with Gasteiger partial charge in [-0.3, -0.25) is 4.79 Å². The van der Waals surface area contributed by atoms with E-state index in [0.29, 0.717) is 0 Å². The summed E-state index contributed by atoms with van der Waals surface area (Å²) in [6.07, 6.45) is -32.4. The van der Waals surface area contributed by atoms with Crippen LogP contribution in [0.5, 0.6) is 11.5 Å². The van der Waals surface area contributed by atoms with Crippen molar-refractivity contribution in [3.63, 3.8) is 0 Å². The van der Waals surface area contributed by atoms with Crippen LogP contribution in [0.25, 0.3) is 0 Å². The fraction of sp³-hybridized carbons (Fsp3) is 0.860. The van der Waals surface area contributed by atoms with Crippen molar-refractivity contribution in [2.45, 2.75) is 264 Å². The number of ketones is 1. The Morgan fingerprint density at radius 1 is 0.644 bits per heavy atom. The van der Waals surface area contributed by atoms with Crippen LogP contribution in [0.3, 0.4) is 0 Å². The fourth-order valence-electron chi connectivity index (χ4n) is 14.2. The summed E-state index contributed by atoms with van der Waals surface area (Å²) in [5, 5.41) is 80.3. The summed E-state index contributed by atoms with van der Waals surface area (Å²) in [6, 6.07) is 0. The van der Waals surface area contributed by atoms with Crippen molar-refractivity contribution in [2.24, 2.45) is 0 Å². The SMILES string of the molecule is COC[C@H]1O[C@@H](O[C@@H]2OC[C@@H]3O[C@]4(O[C@H]3[C@H]2O)O[C@H](C)[C@@](O)(C(C)=O)C2OCO[C@H]24)[C@@H](OC)[C@@H](O)[C@@H]1O[C@@H]1O[C@H](C)[C@H](OC)[C@H](O[C@H]2C[C@@]3(C)OC4(C[C@@H](O)[C@H](O[C@H]5C[C@@H](O)[C@H](OC(=O)c6c(C)c(Cl)c(O)c(Cl)c6OC)[C@@H](C)O5)[C@@H](C)O4)O[C@@H]3[C@@H](C)O2)[C@H]1O. The molecule has 31 nitrogen and oxygen atoms in total. The highest BCUT2D eigenvalue weighted by molar-refractivity contribution is 6.39. The van der Waals surface area contributed by atoms with E-state index in [1.54, 1.807) is 34.6 Å². The van der Waals surface area contributed by atoms with Crippen molar-refractivity contribution in [1.82, 2.24) is 0 Å². The number of aromatic hydroxyl groups is 1. The number of halogens is 2. The Hall–Kier alpha value is -2.50. The molecule has 10 aliphatic rings. The lowest BCUT2D eigenvalue weighted by molar-refractivity contribution is -0.428. The van der Waals surface area contributed by atoms with Gasteiger partial charge < -0.3 is 140 Å². The summed E-state index contributed by atoms with van der Waals surface area (Å²) in [4.78, 5) is 26.2. The monoisotopic (exact) mass is 1330 g/mol. The quantitative estimate of drug-likeness (QED) is 0.106. The van der Waals surface area contributed by atoms with Crippen molar-refractivity contribution >= 4 is 35.0 Å². The number of fused-ring (bicyclic) bond motifs is 4. The van der Waals surface area contributed by atoms with Crippen LogP contribution in [-0.4, -0.2) is 285 Å². The summed E-state index contributed by atoms with van der Waals surface area (Å²) < 4.78 is 134. The maximum Gasteiger partial charge on any atom is 0.342 e. The summed E-state index contributed by atoms with van der Waals surface area (Å²) in [5.74, 6) is -6.01. The lowest BCUT2D eigenvalue weighted by Gasteiger charge is -2.49. The predicted molar refractivity (Wildman–Crippen MR) is 294 cm³/mol. The third-order valence-corrected chi connectivity index (χ3v) is 19.5. The topological polar surface area (TPSA) is 379 Å². The molecule has 10 heterocycles. The molecule has 11 rings (SSSR count). The molecular weight excluding hydrogens is 1250 g/mol. The van der Waals surface area contributed by atoms with Gasteiger partial charge in [0.2, 0.25) is 0 Å². The van der Waals surface area contributed by atoms with Gasteiger partial charge in [-0.2, -0.15) is 0 Å². The Labute approximate surface area is 527 Å². The van der Waals surface area contributed by atoms with Crippen LogP contribution in [0.15, 0.2) is 0 Å². The second-order valence-electron chi connectivity index (χ2n) is 24.7. The number of aliphatic hydroxyl groups is 6. The molecular formula is C57H82Cl2O31. The molecule has 1 aromatic rings. The van der Waals surface area contributed by atoms with E-state index >= 15 is 0 Å². The number of rotatable bonds is 16. The van der Waals surface area contributed by atoms with Crippen LogP contribution >= 0.6 is 23.2 Å². The van der Waals surface area contributed by atoms with E-state index in [-0.39, 0.29) is 66.2 Å². The van der Waals surface area contributed by atoms with Gasteiger partial charge in [0.15, 0.2) is 66.5 Å². The molecule has 10 aliphatic heterocycles. The van der Waals surface area contributed by atoms with Crippen molar-refractivity contribution in [3.05, 3.63) is 21.2 Å². The van der Waals surface area contributed by atoms with Crippen molar-refractivity contribution in [3.8, 4) is 11.5 Å². The Bertz CT molecular complexity index is 2710. The first kappa shape index (κ1) is 68.9. The molecule has 0 saturated carbocycles. The van der Waals surface area contributed by atoms with Crippen molar-refractivity contribution in [1.29, 1.82) is 0 Å². The average molecular weight is 1330 g/mol. The number of methoxy groups -OCH3 is 4. The number of benzene rings is 1. The van der Waals surface area contributed by atoms with E-state index in [9.17, 15) is 45.3 Å². The van der Waals surface area contributed by atoms with Crippen LogP contribution in [-0.2, 0) is 104 Å². The summed E-state index contributed by atoms with van der Waals surface area (Å²) in [6.45, 7) is 11.9. The second kappa shape index (κ2) is 26.5. The largest absolute Gasteiger partial charge is 0.505 e. The van der Waals surface area contributed by atoms with Crippen LogP contribution in [0.2, 0.25) is 10.0 Å². The van der Waals surface area contributed by atoms with E-state index in [2.05, 4.69) is 0 Å². The smallest absolute Gasteiger partial charge is 0.342 e. The van der Waals surface area contributed by atoms with Crippen LogP contribution in [0, 0.1) is 6.92 Å². The van der Waals surface area contributed by atoms with Gasteiger partial charge in [0.25, 0.3) is 5.97 Å². The van der Waals surface area contributed by atoms with Crippen LogP contribution in [0.1, 0.15) is 83.7 Å². The molecule has 0 bridgehead atoms. The highest BCUT2D eigenvalue weighted by Gasteiger charge is 2.72. The minimum Gasteiger partial charge on any atom is -0.505 e. The molecule has 33 heteroatoms. The van der Waals surface area contributed by atoms with Crippen molar-refractivity contribution in [2.75, 3.05) is 48.4 Å². The predicted octanol–water partition coefficient (Wildman–Crippen LogP) is -0.155. The summed E-state index contributed by atoms with van der Waals surface area (Å²) in [7, 11) is 5.36. The lowest BCUT2D eigenvalue weighted by atomic mass is 9.81. The number of aliphatic hydroxyl groups excluding tert-OH is 5. The molecule has 7 N–H and O–H groups in total. The molecule has 2 unspecified atom stereocenters. The van der Waals surface area contributed by atoms with Gasteiger partial charge in [-0.1, -0.05) is 23.2 Å². The zero-order valence-electron chi connectivity index (χ0n) is 51.5. The van der Waals surface area contributed by atoms with Crippen LogP contribution < -0.4 is 4.74 Å². The lowest BCUT2D eigenvalue weighted by Crippen LogP contribution is -2.72. The number of carbonyl (C=O) groups excluding carboxylic acids is 2. The van der Waals surface area contributed by atoms with Gasteiger partial charge >= 0.3 is 11.9 Å². The molecule has 0 amide bonds. The summed E-state index contributed by atoms with van der Waals surface area (Å²) in [5.41, 5.74) is -3.28. The first-order valence-corrected chi connectivity index (χ1v) is 30.6. The average Bonchev–Trinajstić information content (AvgIpc) is 1.53.